The lowest BCUT2D eigenvalue weighted by atomic mass is 10.0. The van der Waals surface area contributed by atoms with Crippen molar-refractivity contribution in [2.24, 2.45) is 0 Å². The maximum absolute atomic E-state index is 11.6. The number of anilines is 1. The van der Waals surface area contributed by atoms with Crippen molar-refractivity contribution in [1.82, 2.24) is 0 Å². The lowest BCUT2D eigenvalue weighted by Gasteiger charge is -2.32. The topological polar surface area (TPSA) is 38.3 Å². The van der Waals surface area contributed by atoms with Gasteiger partial charge < -0.3 is 10.1 Å². The number of fused-ring (bicyclic) bond motifs is 1. The smallest absolute Gasteiger partial charge is 0.268 e. The third-order valence-corrected chi connectivity index (χ3v) is 2.39. The van der Waals surface area contributed by atoms with E-state index in [-0.39, 0.29) is 5.91 Å². The zero-order valence-electron chi connectivity index (χ0n) is 8.55. The number of benzene rings is 1. The van der Waals surface area contributed by atoms with Crippen molar-refractivity contribution in [2.45, 2.75) is 26.4 Å². The van der Waals surface area contributed by atoms with Crippen LogP contribution >= 0.6 is 0 Å². The van der Waals surface area contributed by atoms with E-state index in [0.717, 1.165) is 17.0 Å². The molecule has 1 aliphatic heterocycles. The predicted octanol–water partition coefficient (Wildman–Crippen LogP) is 2.10. The Kier molecular flexibility index (Phi) is 1.77. The number of carbonyl (C=O) groups is 1. The van der Waals surface area contributed by atoms with Crippen LogP contribution in [0.3, 0.4) is 0 Å². The van der Waals surface area contributed by atoms with Crippen molar-refractivity contribution in [3.63, 3.8) is 0 Å². The molecule has 0 bridgehead atoms. The zero-order valence-corrected chi connectivity index (χ0v) is 8.55. The van der Waals surface area contributed by atoms with E-state index in [4.69, 9.17) is 4.74 Å². The van der Waals surface area contributed by atoms with Gasteiger partial charge in [-0.15, -0.1) is 0 Å². The fourth-order valence-corrected chi connectivity index (χ4v) is 1.47. The Labute approximate surface area is 83.1 Å². The lowest BCUT2D eigenvalue weighted by molar-refractivity contribution is -0.129. The SMILES string of the molecule is Cc1cccc2c1NC(=O)C(C)(C)O2. The molecule has 0 saturated carbocycles. The number of amides is 1. The highest BCUT2D eigenvalue weighted by Crippen LogP contribution is 2.35. The van der Waals surface area contributed by atoms with Crippen molar-refractivity contribution in [3.05, 3.63) is 23.8 Å². The van der Waals surface area contributed by atoms with Crippen LogP contribution in [0.25, 0.3) is 0 Å². The van der Waals surface area contributed by atoms with E-state index in [0.29, 0.717) is 0 Å². The van der Waals surface area contributed by atoms with Crippen molar-refractivity contribution >= 4 is 11.6 Å². The molecule has 74 valence electrons. The van der Waals surface area contributed by atoms with Crippen LogP contribution in [0.5, 0.6) is 5.75 Å². The van der Waals surface area contributed by atoms with Crippen LogP contribution in [0.2, 0.25) is 0 Å². The molecule has 2 rings (SSSR count). The Morgan fingerprint density at radius 3 is 2.79 bits per heavy atom. The van der Waals surface area contributed by atoms with Crippen molar-refractivity contribution in [1.29, 1.82) is 0 Å². The van der Waals surface area contributed by atoms with E-state index in [9.17, 15) is 4.79 Å². The quantitative estimate of drug-likeness (QED) is 0.682. The standard InChI is InChI=1S/C11H13NO2/c1-7-5-4-6-8-9(7)12-10(13)11(2,3)14-8/h4-6H,1-3H3,(H,12,13). The summed E-state index contributed by atoms with van der Waals surface area (Å²) < 4.78 is 5.60. The predicted molar refractivity (Wildman–Crippen MR) is 54.5 cm³/mol. The van der Waals surface area contributed by atoms with Gasteiger partial charge in [0.2, 0.25) is 0 Å². The summed E-state index contributed by atoms with van der Waals surface area (Å²) in [7, 11) is 0. The van der Waals surface area contributed by atoms with E-state index < -0.39 is 5.60 Å². The molecule has 0 atom stereocenters. The fraction of sp³-hybridized carbons (Fsp3) is 0.364. The second-order valence-corrected chi connectivity index (χ2v) is 4.01. The molecule has 1 aromatic rings. The highest BCUT2D eigenvalue weighted by molar-refractivity contribution is 6.00. The molecule has 0 fully saturated rings. The van der Waals surface area contributed by atoms with Crippen LogP contribution in [0.15, 0.2) is 18.2 Å². The number of ether oxygens (including phenoxy) is 1. The number of carbonyl (C=O) groups excluding carboxylic acids is 1. The summed E-state index contributed by atoms with van der Waals surface area (Å²) >= 11 is 0. The van der Waals surface area contributed by atoms with Crippen LogP contribution < -0.4 is 10.1 Å². The Morgan fingerprint density at radius 2 is 2.07 bits per heavy atom. The average Bonchev–Trinajstić information content (AvgIpc) is 2.08. The maximum Gasteiger partial charge on any atom is 0.268 e. The van der Waals surface area contributed by atoms with Crippen molar-refractivity contribution < 1.29 is 9.53 Å². The van der Waals surface area contributed by atoms with Gasteiger partial charge in [-0.05, 0) is 32.4 Å². The molecule has 0 unspecified atom stereocenters. The second kappa shape index (κ2) is 2.74. The molecule has 1 heterocycles. The normalized spacial score (nSPS) is 18.1. The van der Waals surface area contributed by atoms with Gasteiger partial charge in [0.1, 0.15) is 5.75 Å². The highest BCUT2D eigenvalue weighted by Gasteiger charge is 2.35. The van der Waals surface area contributed by atoms with Gasteiger partial charge in [-0.25, -0.2) is 0 Å². The summed E-state index contributed by atoms with van der Waals surface area (Å²) in [6, 6.07) is 5.73. The van der Waals surface area contributed by atoms with Crippen LogP contribution in [0.4, 0.5) is 5.69 Å². The molecule has 0 saturated heterocycles. The van der Waals surface area contributed by atoms with Gasteiger partial charge in [0.05, 0.1) is 5.69 Å². The van der Waals surface area contributed by atoms with E-state index >= 15 is 0 Å². The van der Waals surface area contributed by atoms with Crippen LogP contribution in [0, 0.1) is 6.92 Å². The van der Waals surface area contributed by atoms with E-state index in [1.165, 1.54) is 0 Å². The van der Waals surface area contributed by atoms with Gasteiger partial charge in [-0.3, -0.25) is 4.79 Å². The minimum atomic E-state index is -0.777. The minimum Gasteiger partial charge on any atom is -0.476 e. The average molecular weight is 191 g/mol. The van der Waals surface area contributed by atoms with Crippen LogP contribution in [-0.4, -0.2) is 11.5 Å². The van der Waals surface area contributed by atoms with E-state index in [1.807, 2.05) is 25.1 Å². The number of para-hydroxylation sites is 1. The Hall–Kier alpha value is -1.51. The molecule has 3 heteroatoms. The molecule has 1 aromatic carbocycles. The van der Waals surface area contributed by atoms with Gasteiger partial charge in [0, 0.05) is 0 Å². The first-order valence-electron chi connectivity index (χ1n) is 4.61. The number of hydrogen-bond acceptors (Lipinski definition) is 2. The second-order valence-electron chi connectivity index (χ2n) is 4.01. The van der Waals surface area contributed by atoms with Gasteiger partial charge in [-0.1, -0.05) is 12.1 Å². The first-order valence-corrected chi connectivity index (χ1v) is 4.61. The highest BCUT2D eigenvalue weighted by atomic mass is 16.5. The Balaban J connectivity index is 2.51. The van der Waals surface area contributed by atoms with Crippen molar-refractivity contribution in [3.8, 4) is 5.75 Å². The van der Waals surface area contributed by atoms with Gasteiger partial charge in [0.15, 0.2) is 5.60 Å². The third-order valence-electron chi connectivity index (χ3n) is 2.39. The van der Waals surface area contributed by atoms with Crippen molar-refractivity contribution in [2.75, 3.05) is 5.32 Å². The first-order chi connectivity index (χ1) is 6.50. The summed E-state index contributed by atoms with van der Waals surface area (Å²) in [4.78, 5) is 11.6. The largest absolute Gasteiger partial charge is 0.476 e. The third kappa shape index (κ3) is 1.25. The molecule has 14 heavy (non-hydrogen) atoms. The zero-order chi connectivity index (χ0) is 10.3. The summed E-state index contributed by atoms with van der Waals surface area (Å²) in [6.07, 6.45) is 0. The molecule has 0 aliphatic carbocycles. The number of hydrogen-bond donors (Lipinski definition) is 1. The fourth-order valence-electron chi connectivity index (χ4n) is 1.47. The monoisotopic (exact) mass is 191 g/mol. The van der Waals surface area contributed by atoms with E-state index in [1.54, 1.807) is 13.8 Å². The first kappa shape index (κ1) is 9.06. The van der Waals surface area contributed by atoms with Crippen LogP contribution in [0.1, 0.15) is 19.4 Å². The molecule has 1 amide bonds. The Morgan fingerprint density at radius 1 is 1.36 bits per heavy atom. The molecule has 3 nitrogen and oxygen atoms in total. The number of aryl methyl sites for hydroxylation is 1. The molecule has 1 N–H and O–H groups in total. The van der Waals surface area contributed by atoms with E-state index in [2.05, 4.69) is 5.32 Å². The molecular weight excluding hydrogens is 178 g/mol. The molecule has 0 spiro atoms. The summed E-state index contributed by atoms with van der Waals surface area (Å²) in [5.74, 6) is 0.647. The van der Waals surface area contributed by atoms with Gasteiger partial charge in [-0.2, -0.15) is 0 Å². The van der Waals surface area contributed by atoms with Gasteiger partial charge >= 0.3 is 0 Å². The molecular formula is C11H13NO2. The number of rotatable bonds is 0. The molecule has 1 aliphatic rings. The summed E-state index contributed by atoms with van der Waals surface area (Å²) in [5, 5.41) is 2.85. The lowest BCUT2D eigenvalue weighted by Crippen LogP contribution is -2.45. The van der Waals surface area contributed by atoms with Crippen LogP contribution in [-0.2, 0) is 4.79 Å². The number of nitrogens with one attached hydrogen (secondary N) is 1. The summed E-state index contributed by atoms with van der Waals surface area (Å²) in [6.45, 7) is 5.46. The van der Waals surface area contributed by atoms with Gasteiger partial charge in [0.25, 0.3) is 5.91 Å². The minimum absolute atomic E-state index is 0.0979. The maximum atomic E-state index is 11.6. The summed E-state index contributed by atoms with van der Waals surface area (Å²) in [5.41, 5.74) is 1.03. The molecule has 0 radical (unpaired) electrons. The Bertz CT molecular complexity index is 396. The molecule has 0 aromatic heterocycles.